The lowest BCUT2D eigenvalue weighted by Crippen LogP contribution is -2.26. The smallest absolute Gasteiger partial charge is 0.298 e. The Morgan fingerprint density at radius 2 is 1.76 bits per heavy atom. The maximum Gasteiger partial charge on any atom is 0.298 e. The van der Waals surface area contributed by atoms with Gasteiger partial charge >= 0.3 is 0 Å². The maximum atomic E-state index is 11.1. The summed E-state index contributed by atoms with van der Waals surface area (Å²) in [6, 6.07) is 16.1. The number of nitro benzene ring substituents is 1. The molecule has 0 N–H and O–H groups in total. The van der Waals surface area contributed by atoms with E-state index in [2.05, 4.69) is 27.3 Å². The standard InChI is InChI=1S/C21H21ClN5O2/c1-25-12-9-16(10-13-25)11-14-26(2)19-6-4-18(5-7-19)23-24-20-8-3-17(22)15-21(20)27(28)29/h3-10,12-13,15H,11,14H2,1-2H3/q+1. The van der Waals surface area contributed by atoms with Crippen LogP contribution in [0, 0.1) is 10.1 Å². The van der Waals surface area contributed by atoms with Crippen LogP contribution in [0.15, 0.2) is 77.2 Å². The van der Waals surface area contributed by atoms with E-state index >= 15 is 0 Å². The highest BCUT2D eigenvalue weighted by atomic mass is 35.5. The number of azo groups is 1. The Balaban J connectivity index is 1.64. The van der Waals surface area contributed by atoms with E-state index in [9.17, 15) is 10.1 Å². The van der Waals surface area contributed by atoms with E-state index in [1.165, 1.54) is 17.7 Å². The minimum atomic E-state index is -0.523. The molecule has 2 aromatic carbocycles. The van der Waals surface area contributed by atoms with Gasteiger partial charge in [-0.3, -0.25) is 10.1 Å². The molecule has 0 amide bonds. The monoisotopic (exact) mass is 410 g/mol. The quantitative estimate of drug-likeness (QED) is 0.233. The summed E-state index contributed by atoms with van der Waals surface area (Å²) < 4.78 is 2.01. The fraction of sp³-hybridized carbons (Fsp3) is 0.190. The third-order valence-corrected chi connectivity index (χ3v) is 4.72. The van der Waals surface area contributed by atoms with Crippen molar-refractivity contribution >= 4 is 34.4 Å². The summed E-state index contributed by atoms with van der Waals surface area (Å²) in [6.07, 6.45) is 5.03. The van der Waals surface area contributed by atoms with Crippen molar-refractivity contribution < 1.29 is 9.49 Å². The van der Waals surface area contributed by atoms with Crippen molar-refractivity contribution in [3.05, 3.63) is 87.7 Å². The lowest BCUT2D eigenvalue weighted by Gasteiger charge is -2.19. The summed E-state index contributed by atoms with van der Waals surface area (Å²) in [4.78, 5) is 12.8. The highest BCUT2D eigenvalue weighted by molar-refractivity contribution is 6.30. The van der Waals surface area contributed by atoms with Crippen LogP contribution in [0.2, 0.25) is 5.02 Å². The molecular formula is C21H21ClN5O2+. The Morgan fingerprint density at radius 3 is 2.41 bits per heavy atom. The van der Waals surface area contributed by atoms with E-state index in [1.807, 2.05) is 55.3 Å². The van der Waals surface area contributed by atoms with Crippen LogP contribution < -0.4 is 9.47 Å². The predicted molar refractivity (Wildman–Crippen MR) is 113 cm³/mol. The molecule has 0 spiro atoms. The molecule has 0 saturated carbocycles. The number of aryl methyl sites for hydroxylation is 1. The third kappa shape index (κ3) is 5.58. The highest BCUT2D eigenvalue weighted by Crippen LogP contribution is 2.31. The number of hydrogen-bond acceptors (Lipinski definition) is 5. The molecule has 1 aromatic heterocycles. The molecule has 0 aliphatic heterocycles. The van der Waals surface area contributed by atoms with Crippen molar-refractivity contribution in [2.24, 2.45) is 17.3 Å². The molecule has 3 rings (SSSR count). The second-order valence-electron chi connectivity index (χ2n) is 6.65. The van der Waals surface area contributed by atoms with Gasteiger partial charge in [-0.1, -0.05) is 11.6 Å². The molecule has 148 valence electrons. The summed E-state index contributed by atoms with van der Waals surface area (Å²) in [5.41, 5.74) is 2.94. The minimum Gasteiger partial charge on any atom is -0.374 e. The van der Waals surface area contributed by atoms with Gasteiger partial charge in [0.15, 0.2) is 18.1 Å². The van der Waals surface area contributed by atoms with Gasteiger partial charge in [0.05, 0.1) is 10.6 Å². The fourth-order valence-electron chi connectivity index (χ4n) is 2.74. The van der Waals surface area contributed by atoms with Crippen LogP contribution in [-0.4, -0.2) is 18.5 Å². The summed E-state index contributed by atoms with van der Waals surface area (Å²) in [7, 11) is 4.04. The van der Waals surface area contributed by atoms with Crippen molar-refractivity contribution in [2.75, 3.05) is 18.5 Å². The second-order valence-corrected chi connectivity index (χ2v) is 7.09. The first kappa shape index (κ1) is 20.4. The molecule has 8 heteroatoms. The largest absolute Gasteiger partial charge is 0.374 e. The molecule has 29 heavy (non-hydrogen) atoms. The molecule has 0 aliphatic carbocycles. The molecular weight excluding hydrogens is 390 g/mol. The fourth-order valence-corrected chi connectivity index (χ4v) is 2.90. The van der Waals surface area contributed by atoms with Gasteiger partial charge in [0.1, 0.15) is 7.05 Å². The van der Waals surface area contributed by atoms with Gasteiger partial charge in [-0.15, -0.1) is 5.11 Å². The van der Waals surface area contributed by atoms with E-state index in [4.69, 9.17) is 11.6 Å². The Bertz CT molecular complexity index is 1020. The molecule has 3 aromatic rings. The molecule has 0 unspecified atom stereocenters. The van der Waals surface area contributed by atoms with E-state index in [1.54, 1.807) is 6.07 Å². The number of anilines is 1. The minimum absolute atomic E-state index is 0.164. The summed E-state index contributed by atoms with van der Waals surface area (Å²) >= 11 is 5.81. The van der Waals surface area contributed by atoms with Gasteiger partial charge < -0.3 is 4.90 Å². The van der Waals surface area contributed by atoms with Gasteiger partial charge in [0.2, 0.25) is 0 Å². The van der Waals surface area contributed by atoms with E-state index in [0.29, 0.717) is 5.69 Å². The SMILES string of the molecule is CN(CCc1cc[n+](C)cc1)c1ccc(N=Nc2ccc(Cl)cc2[N+](=O)[O-])cc1. The number of rotatable bonds is 7. The van der Waals surface area contributed by atoms with Crippen molar-refractivity contribution in [2.45, 2.75) is 6.42 Å². The molecule has 0 atom stereocenters. The molecule has 0 radical (unpaired) electrons. The van der Waals surface area contributed by atoms with Gasteiger partial charge in [-0.25, -0.2) is 4.57 Å². The van der Waals surface area contributed by atoms with Crippen molar-refractivity contribution in [1.29, 1.82) is 0 Å². The van der Waals surface area contributed by atoms with Crippen LogP contribution in [0.25, 0.3) is 0 Å². The molecule has 0 aliphatic rings. The first-order valence-corrected chi connectivity index (χ1v) is 9.41. The topological polar surface area (TPSA) is 75.0 Å². The van der Waals surface area contributed by atoms with Crippen molar-refractivity contribution in [1.82, 2.24) is 0 Å². The molecule has 7 nitrogen and oxygen atoms in total. The lowest BCUT2D eigenvalue weighted by molar-refractivity contribution is -0.671. The van der Waals surface area contributed by atoms with Crippen LogP contribution >= 0.6 is 11.6 Å². The lowest BCUT2D eigenvalue weighted by atomic mass is 10.2. The van der Waals surface area contributed by atoms with Crippen molar-refractivity contribution in [3.63, 3.8) is 0 Å². The first-order chi connectivity index (χ1) is 13.9. The zero-order valence-corrected chi connectivity index (χ0v) is 17.0. The van der Waals surface area contributed by atoms with Crippen molar-refractivity contribution in [3.8, 4) is 0 Å². The van der Waals surface area contributed by atoms with Crippen LogP contribution in [0.5, 0.6) is 0 Å². The normalized spacial score (nSPS) is 11.0. The molecule has 0 bridgehead atoms. The second kappa shape index (κ2) is 9.25. The molecule has 0 fully saturated rings. The van der Waals surface area contributed by atoms with Crippen LogP contribution in [0.4, 0.5) is 22.7 Å². The van der Waals surface area contributed by atoms with Crippen LogP contribution in [-0.2, 0) is 13.5 Å². The summed E-state index contributed by atoms with van der Waals surface area (Å²) in [5.74, 6) is 0. The van der Waals surface area contributed by atoms with Gasteiger partial charge in [0, 0.05) is 42.5 Å². The average Bonchev–Trinajstić information content (AvgIpc) is 2.72. The maximum absolute atomic E-state index is 11.1. The van der Waals surface area contributed by atoms with Gasteiger partial charge in [-0.05, 0) is 48.4 Å². The number of benzene rings is 2. The van der Waals surface area contributed by atoms with Gasteiger partial charge in [-0.2, -0.15) is 5.11 Å². The Labute approximate surface area is 174 Å². The first-order valence-electron chi connectivity index (χ1n) is 9.03. The zero-order valence-electron chi connectivity index (χ0n) is 16.2. The number of nitro groups is 1. The van der Waals surface area contributed by atoms with Crippen LogP contribution in [0.1, 0.15) is 5.56 Å². The highest BCUT2D eigenvalue weighted by Gasteiger charge is 2.14. The molecule has 1 heterocycles. The number of aromatic nitrogens is 1. The molecule has 0 saturated heterocycles. The number of pyridine rings is 1. The van der Waals surface area contributed by atoms with E-state index in [0.717, 1.165) is 18.7 Å². The summed E-state index contributed by atoms with van der Waals surface area (Å²) in [5, 5.41) is 19.5. The Kier molecular flexibility index (Phi) is 6.51. The van der Waals surface area contributed by atoms with Crippen LogP contribution in [0.3, 0.4) is 0 Å². The summed E-state index contributed by atoms with van der Waals surface area (Å²) in [6.45, 7) is 0.881. The van der Waals surface area contributed by atoms with Gasteiger partial charge in [0.25, 0.3) is 5.69 Å². The van der Waals surface area contributed by atoms with E-state index < -0.39 is 4.92 Å². The third-order valence-electron chi connectivity index (χ3n) is 4.48. The number of likely N-dealkylation sites (N-methyl/N-ethyl adjacent to an activating group) is 1. The number of hydrogen-bond donors (Lipinski definition) is 0. The van der Waals surface area contributed by atoms with E-state index in [-0.39, 0.29) is 16.4 Å². The Morgan fingerprint density at radius 1 is 1.07 bits per heavy atom. The average molecular weight is 411 g/mol. The predicted octanol–water partition coefficient (Wildman–Crippen LogP) is 5.17. The zero-order chi connectivity index (χ0) is 20.8. The number of nitrogens with zero attached hydrogens (tertiary/aromatic N) is 5. The number of halogens is 1. The Hall–Kier alpha value is -3.32.